The molecule has 0 aliphatic carbocycles. The molecule has 8 heteroatoms. The highest BCUT2D eigenvalue weighted by Gasteiger charge is 2.11. The minimum absolute atomic E-state index is 0.161. The molecule has 22 heavy (non-hydrogen) atoms. The van der Waals surface area contributed by atoms with E-state index in [1.807, 2.05) is 6.07 Å². The lowest BCUT2D eigenvalue weighted by Crippen LogP contribution is -2.29. The van der Waals surface area contributed by atoms with Crippen LogP contribution in [0, 0.1) is 0 Å². The zero-order valence-electron chi connectivity index (χ0n) is 11.6. The van der Waals surface area contributed by atoms with Gasteiger partial charge in [-0.15, -0.1) is 0 Å². The molecule has 0 aliphatic heterocycles. The smallest absolute Gasteiger partial charge is 0.299 e. The van der Waals surface area contributed by atoms with Crippen molar-refractivity contribution in [2.45, 2.75) is 6.54 Å². The first-order valence-corrected chi connectivity index (χ1v) is 8.06. The number of anilines is 2. The summed E-state index contributed by atoms with van der Waals surface area (Å²) in [5.41, 5.74) is 8.09. The predicted octanol–water partition coefficient (Wildman–Crippen LogP) is 1.59. The fraction of sp³-hybridized carbons (Fsp3) is 0.0714. The summed E-state index contributed by atoms with van der Waals surface area (Å²) in [7, 11) is -3.69. The molecule has 0 atom stereocenters. The van der Waals surface area contributed by atoms with Crippen molar-refractivity contribution in [1.82, 2.24) is 14.7 Å². The number of fused-ring (bicyclic) bond motifs is 1. The lowest BCUT2D eigenvalue weighted by molar-refractivity contribution is 0.587. The Morgan fingerprint density at radius 2 is 2.09 bits per heavy atom. The average Bonchev–Trinajstić information content (AvgIpc) is 2.93. The monoisotopic (exact) mass is 317 g/mol. The Morgan fingerprint density at radius 3 is 2.91 bits per heavy atom. The minimum Gasteiger partial charge on any atom is -0.399 e. The van der Waals surface area contributed by atoms with Crippen LogP contribution in [0.4, 0.5) is 11.4 Å². The molecule has 1 aromatic carbocycles. The number of benzene rings is 1. The summed E-state index contributed by atoms with van der Waals surface area (Å²) in [4.78, 5) is 7.15. The van der Waals surface area contributed by atoms with Crippen molar-refractivity contribution in [2.75, 3.05) is 10.5 Å². The maximum atomic E-state index is 12.1. The highest BCUT2D eigenvalue weighted by molar-refractivity contribution is 7.90. The van der Waals surface area contributed by atoms with E-state index in [1.165, 1.54) is 0 Å². The van der Waals surface area contributed by atoms with E-state index in [0.717, 1.165) is 16.6 Å². The third kappa shape index (κ3) is 3.18. The van der Waals surface area contributed by atoms with Crippen LogP contribution in [0.1, 0.15) is 5.56 Å². The van der Waals surface area contributed by atoms with Crippen molar-refractivity contribution < 1.29 is 8.42 Å². The van der Waals surface area contributed by atoms with E-state index in [-0.39, 0.29) is 6.54 Å². The predicted molar refractivity (Wildman–Crippen MR) is 86.3 cm³/mol. The van der Waals surface area contributed by atoms with E-state index in [4.69, 9.17) is 5.73 Å². The van der Waals surface area contributed by atoms with Crippen LogP contribution in [0.3, 0.4) is 0 Å². The molecule has 3 aromatic rings. The van der Waals surface area contributed by atoms with Crippen LogP contribution in [-0.2, 0) is 16.8 Å². The zero-order chi connectivity index (χ0) is 15.6. The van der Waals surface area contributed by atoms with Crippen molar-refractivity contribution in [3.8, 4) is 0 Å². The average molecular weight is 317 g/mol. The number of nitrogen functional groups attached to an aromatic ring is 1. The van der Waals surface area contributed by atoms with E-state index < -0.39 is 10.2 Å². The summed E-state index contributed by atoms with van der Waals surface area (Å²) >= 11 is 0. The molecular formula is C14H15N5O2S. The van der Waals surface area contributed by atoms with Gasteiger partial charge < -0.3 is 10.7 Å². The molecule has 0 spiro atoms. The largest absolute Gasteiger partial charge is 0.399 e. The van der Waals surface area contributed by atoms with Crippen LogP contribution in [-0.4, -0.2) is 18.4 Å². The Bertz CT molecular complexity index is 904. The van der Waals surface area contributed by atoms with Crippen LogP contribution in [0.5, 0.6) is 0 Å². The van der Waals surface area contributed by atoms with E-state index in [1.54, 1.807) is 42.7 Å². The number of rotatable bonds is 5. The first kappa shape index (κ1) is 14.4. The molecule has 0 saturated carbocycles. The molecule has 3 rings (SSSR count). The highest BCUT2D eigenvalue weighted by Crippen LogP contribution is 2.16. The van der Waals surface area contributed by atoms with Gasteiger partial charge in [0, 0.05) is 30.0 Å². The van der Waals surface area contributed by atoms with Crippen molar-refractivity contribution in [3.05, 3.63) is 54.4 Å². The van der Waals surface area contributed by atoms with Gasteiger partial charge in [0.05, 0.1) is 5.69 Å². The number of pyridine rings is 1. The second-order valence-corrected chi connectivity index (χ2v) is 6.26. The van der Waals surface area contributed by atoms with Gasteiger partial charge in [0.1, 0.15) is 5.65 Å². The summed E-state index contributed by atoms with van der Waals surface area (Å²) in [5, 5.41) is 0.883. The second kappa shape index (κ2) is 5.66. The Balaban J connectivity index is 1.73. The molecule has 5 N–H and O–H groups in total. The molecule has 114 valence electrons. The summed E-state index contributed by atoms with van der Waals surface area (Å²) in [6, 6.07) is 10.2. The van der Waals surface area contributed by atoms with Crippen molar-refractivity contribution in [1.29, 1.82) is 0 Å². The first-order valence-electron chi connectivity index (χ1n) is 6.57. The Morgan fingerprint density at radius 1 is 1.23 bits per heavy atom. The Labute approximate surface area is 127 Å². The third-order valence-electron chi connectivity index (χ3n) is 3.14. The van der Waals surface area contributed by atoms with Gasteiger partial charge in [-0.2, -0.15) is 13.1 Å². The van der Waals surface area contributed by atoms with Gasteiger partial charge in [0.15, 0.2) is 0 Å². The van der Waals surface area contributed by atoms with Crippen molar-refractivity contribution >= 4 is 32.6 Å². The van der Waals surface area contributed by atoms with Gasteiger partial charge in [0.2, 0.25) is 0 Å². The van der Waals surface area contributed by atoms with Gasteiger partial charge in [-0.05, 0) is 35.9 Å². The van der Waals surface area contributed by atoms with E-state index in [2.05, 4.69) is 19.4 Å². The number of nitrogens with two attached hydrogens (primary N) is 1. The highest BCUT2D eigenvalue weighted by atomic mass is 32.2. The number of hydrogen-bond donors (Lipinski definition) is 4. The number of aromatic nitrogens is 2. The number of H-pyrrole nitrogens is 1. The van der Waals surface area contributed by atoms with Crippen LogP contribution in [0.15, 0.2) is 48.8 Å². The topological polar surface area (TPSA) is 113 Å². The Kier molecular flexibility index (Phi) is 3.70. The first-order chi connectivity index (χ1) is 10.5. The summed E-state index contributed by atoms with van der Waals surface area (Å²) in [6.07, 6.45) is 3.40. The maximum Gasteiger partial charge on any atom is 0.299 e. The van der Waals surface area contributed by atoms with Crippen LogP contribution >= 0.6 is 0 Å². The van der Waals surface area contributed by atoms with Gasteiger partial charge in [0.25, 0.3) is 10.2 Å². The van der Waals surface area contributed by atoms with Crippen molar-refractivity contribution in [3.63, 3.8) is 0 Å². The SMILES string of the molecule is Nc1cccc(NS(=O)(=O)NCc2ccnc3[nH]ccc23)c1. The number of nitrogens with one attached hydrogen (secondary N) is 3. The molecule has 0 radical (unpaired) electrons. The third-order valence-corrected chi connectivity index (χ3v) is 4.17. The van der Waals surface area contributed by atoms with Gasteiger partial charge in [-0.3, -0.25) is 4.72 Å². The second-order valence-electron chi connectivity index (χ2n) is 4.76. The van der Waals surface area contributed by atoms with Crippen molar-refractivity contribution in [2.24, 2.45) is 0 Å². The molecule has 2 aromatic heterocycles. The molecule has 0 amide bonds. The molecule has 0 aliphatic rings. The number of hydrogen-bond acceptors (Lipinski definition) is 4. The summed E-state index contributed by atoms with van der Waals surface area (Å²) < 4.78 is 29.1. The number of nitrogens with zero attached hydrogens (tertiary/aromatic N) is 1. The zero-order valence-corrected chi connectivity index (χ0v) is 12.4. The Hall–Kier alpha value is -2.58. The van der Waals surface area contributed by atoms with Gasteiger partial charge in [-0.25, -0.2) is 4.98 Å². The molecule has 2 heterocycles. The fourth-order valence-corrected chi connectivity index (χ4v) is 2.99. The quantitative estimate of drug-likeness (QED) is 0.535. The minimum atomic E-state index is -3.69. The molecular weight excluding hydrogens is 302 g/mol. The van der Waals surface area contributed by atoms with Crippen LogP contribution in [0.25, 0.3) is 11.0 Å². The summed E-state index contributed by atoms with van der Waals surface area (Å²) in [6.45, 7) is 0.161. The number of aromatic amines is 1. The standard InChI is InChI=1S/C14H15N5O2S/c15-11-2-1-3-12(8-11)19-22(20,21)18-9-10-4-6-16-14-13(10)5-7-17-14/h1-8,18-19H,9,15H2,(H,16,17). The lowest BCUT2D eigenvalue weighted by atomic mass is 10.2. The molecule has 0 fully saturated rings. The fourth-order valence-electron chi connectivity index (χ4n) is 2.14. The molecule has 0 bridgehead atoms. The molecule has 0 saturated heterocycles. The summed E-state index contributed by atoms with van der Waals surface area (Å²) in [5.74, 6) is 0. The van der Waals surface area contributed by atoms with Gasteiger partial charge in [-0.1, -0.05) is 6.07 Å². The maximum absolute atomic E-state index is 12.1. The van der Waals surface area contributed by atoms with Gasteiger partial charge >= 0.3 is 0 Å². The van der Waals surface area contributed by atoms with E-state index >= 15 is 0 Å². The van der Waals surface area contributed by atoms with E-state index in [9.17, 15) is 8.42 Å². The molecule has 0 unspecified atom stereocenters. The lowest BCUT2D eigenvalue weighted by Gasteiger charge is -2.10. The van der Waals surface area contributed by atoms with Crippen LogP contribution in [0.2, 0.25) is 0 Å². The molecule has 7 nitrogen and oxygen atoms in total. The van der Waals surface area contributed by atoms with Crippen LogP contribution < -0.4 is 15.2 Å². The normalized spacial score (nSPS) is 11.6. The van der Waals surface area contributed by atoms with E-state index in [0.29, 0.717) is 11.4 Å².